The Labute approximate surface area is 117 Å². The quantitative estimate of drug-likeness (QED) is 0.695. The van der Waals surface area contributed by atoms with E-state index >= 15 is 0 Å². The molecule has 5 nitrogen and oxygen atoms in total. The first-order chi connectivity index (χ1) is 8.59. The predicted molar refractivity (Wildman–Crippen MR) is 74.9 cm³/mol. The standard InChI is InChI=1S/C11H11BrN4OS/c1-7(9-4-3-5-18-9)14-15-11(17)10-8(12)6-13-16(10)2/h3-6H,1-2H3,(H,15,17). The number of rotatable bonds is 3. The molecule has 2 aromatic heterocycles. The zero-order valence-corrected chi connectivity index (χ0v) is 12.2. The minimum Gasteiger partial charge on any atom is -0.266 e. The number of nitrogens with one attached hydrogen (secondary N) is 1. The van der Waals surface area contributed by atoms with Crippen LogP contribution in [0.4, 0.5) is 0 Å². The second-order valence-corrected chi connectivity index (χ2v) is 5.38. The second kappa shape index (κ2) is 5.45. The van der Waals surface area contributed by atoms with E-state index in [-0.39, 0.29) is 5.91 Å². The Kier molecular flexibility index (Phi) is 3.93. The SMILES string of the molecule is CC(=NNC(=O)c1c(Br)cnn1C)c1cccs1. The van der Waals surface area contributed by atoms with Crippen LogP contribution in [0.5, 0.6) is 0 Å². The van der Waals surface area contributed by atoms with Crippen LogP contribution >= 0.6 is 27.3 Å². The molecule has 0 atom stereocenters. The molecular formula is C11H11BrN4OS. The van der Waals surface area contributed by atoms with Crippen LogP contribution in [-0.4, -0.2) is 21.4 Å². The van der Waals surface area contributed by atoms with Crippen LogP contribution < -0.4 is 5.43 Å². The Bertz CT molecular complexity index is 569. The average Bonchev–Trinajstić information content (AvgIpc) is 2.96. The minimum absolute atomic E-state index is 0.294. The van der Waals surface area contributed by atoms with Gasteiger partial charge in [0, 0.05) is 11.9 Å². The maximum absolute atomic E-state index is 11.9. The lowest BCUT2D eigenvalue weighted by molar-refractivity contribution is 0.0944. The van der Waals surface area contributed by atoms with Crippen molar-refractivity contribution in [2.75, 3.05) is 0 Å². The molecule has 0 fully saturated rings. The molecule has 2 rings (SSSR count). The lowest BCUT2D eigenvalue weighted by Gasteiger charge is -2.02. The Balaban J connectivity index is 2.12. The van der Waals surface area contributed by atoms with Gasteiger partial charge in [0.1, 0.15) is 5.69 Å². The van der Waals surface area contributed by atoms with Crippen molar-refractivity contribution in [2.45, 2.75) is 6.92 Å². The number of nitrogens with zero attached hydrogens (tertiary/aromatic N) is 3. The van der Waals surface area contributed by atoms with Gasteiger partial charge in [-0.15, -0.1) is 11.3 Å². The van der Waals surface area contributed by atoms with Crippen molar-refractivity contribution >= 4 is 38.9 Å². The molecule has 18 heavy (non-hydrogen) atoms. The molecule has 0 unspecified atom stereocenters. The van der Waals surface area contributed by atoms with Crippen molar-refractivity contribution in [2.24, 2.45) is 12.1 Å². The molecular weight excluding hydrogens is 316 g/mol. The monoisotopic (exact) mass is 326 g/mol. The summed E-state index contributed by atoms with van der Waals surface area (Å²) >= 11 is 4.85. The van der Waals surface area contributed by atoms with Crippen molar-refractivity contribution in [1.82, 2.24) is 15.2 Å². The second-order valence-electron chi connectivity index (χ2n) is 3.58. The fourth-order valence-corrected chi connectivity index (χ4v) is 2.60. The number of aryl methyl sites for hydroxylation is 1. The molecule has 1 N–H and O–H groups in total. The van der Waals surface area contributed by atoms with Gasteiger partial charge in [-0.2, -0.15) is 10.2 Å². The molecule has 0 aliphatic carbocycles. The molecule has 1 amide bonds. The highest BCUT2D eigenvalue weighted by Gasteiger charge is 2.14. The van der Waals surface area contributed by atoms with E-state index in [1.807, 2.05) is 24.4 Å². The molecule has 7 heteroatoms. The van der Waals surface area contributed by atoms with E-state index in [4.69, 9.17) is 0 Å². The van der Waals surface area contributed by atoms with Gasteiger partial charge in [-0.25, -0.2) is 5.43 Å². The van der Waals surface area contributed by atoms with Gasteiger partial charge in [0.05, 0.1) is 16.4 Å². The van der Waals surface area contributed by atoms with Gasteiger partial charge in [0.2, 0.25) is 0 Å². The van der Waals surface area contributed by atoms with Gasteiger partial charge >= 0.3 is 0 Å². The van der Waals surface area contributed by atoms with Gasteiger partial charge in [-0.3, -0.25) is 9.48 Å². The fraction of sp³-hybridized carbons (Fsp3) is 0.182. The van der Waals surface area contributed by atoms with Gasteiger partial charge in [0.25, 0.3) is 5.91 Å². The number of hydrogen-bond acceptors (Lipinski definition) is 4. The van der Waals surface area contributed by atoms with E-state index in [0.29, 0.717) is 10.2 Å². The molecule has 94 valence electrons. The smallest absolute Gasteiger partial charge is 0.266 e. The highest BCUT2D eigenvalue weighted by Crippen LogP contribution is 2.14. The first kappa shape index (κ1) is 13.0. The van der Waals surface area contributed by atoms with Gasteiger partial charge < -0.3 is 0 Å². The summed E-state index contributed by atoms with van der Waals surface area (Å²) < 4.78 is 2.14. The van der Waals surface area contributed by atoms with Crippen LogP contribution in [0.2, 0.25) is 0 Å². The molecule has 2 aromatic rings. The maximum Gasteiger partial charge on any atom is 0.290 e. The topological polar surface area (TPSA) is 59.3 Å². The van der Waals surface area contributed by atoms with Crippen LogP contribution in [0.15, 0.2) is 33.3 Å². The van der Waals surface area contributed by atoms with E-state index in [9.17, 15) is 4.79 Å². The Morgan fingerprint density at radius 1 is 1.61 bits per heavy atom. The Hall–Kier alpha value is -1.47. The van der Waals surface area contributed by atoms with Crippen LogP contribution in [0, 0.1) is 0 Å². The number of hydrogen-bond donors (Lipinski definition) is 1. The molecule has 0 saturated heterocycles. The molecule has 0 radical (unpaired) electrons. The van der Waals surface area contributed by atoms with Crippen LogP contribution in [0.3, 0.4) is 0 Å². The van der Waals surface area contributed by atoms with E-state index < -0.39 is 0 Å². The Morgan fingerprint density at radius 2 is 2.39 bits per heavy atom. The van der Waals surface area contributed by atoms with Crippen LogP contribution in [-0.2, 0) is 7.05 Å². The normalized spacial score (nSPS) is 11.6. The van der Waals surface area contributed by atoms with E-state index in [0.717, 1.165) is 10.6 Å². The van der Waals surface area contributed by atoms with Crippen molar-refractivity contribution < 1.29 is 4.79 Å². The van der Waals surface area contributed by atoms with Gasteiger partial charge in [-0.1, -0.05) is 6.07 Å². The van der Waals surface area contributed by atoms with Crippen molar-refractivity contribution in [1.29, 1.82) is 0 Å². The van der Waals surface area contributed by atoms with Crippen molar-refractivity contribution in [3.8, 4) is 0 Å². The lowest BCUT2D eigenvalue weighted by Crippen LogP contribution is -2.22. The van der Waals surface area contributed by atoms with Crippen LogP contribution in [0.1, 0.15) is 22.3 Å². The molecule has 0 aromatic carbocycles. The summed E-state index contributed by atoms with van der Waals surface area (Å²) in [5.74, 6) is -0.294. The zero-order valence-electron chi connectivity index (χ0n) is 9.85. The number of amides is 1. The summed E-state index contributed by atoms with van der Waals surface area (Å²) in [5, 5.41) is 10.0. The fourth-order valence-electron chi connectivity index (χ4n) is 1.39. The number of hydrazone groups is 1. The molecule has 0 spiro atoms. The zero-order chi connectivity index (χ0) is 13.1. The van der Waals surface area contributed by atoms with Crippen molar-refractivity contribution in [3.05, 3.63) is 38.8 Å². The third-order valence-electron chi connectivity index (χ3n) is 2.31. The number of aromatic nitrogens is 2. The van der Waals surface area contributed by atoms with Gasteiger partial charge in [0.15, 0.2) is 0 Å². The van der Waals surface area contributed by atoms with E-state index in [1.165, 1.54) is 4.68 Å². The first-order valence-electron chi connectivity index (χ1n) is 5.15. The van der Waals surface area contributed by atoms with Crippen molar-refractivity contribution in [3.63, 3.8) is 0 Å². The summed E-state index contributed by atoms with van der Waals surface area (Å²) in [6.45, 7) is 1.85. The third-order valence-corrected chi connectivity index (χ3v) is 3.87. The largest absolute Gasteiger partial charge is 0.290 e. The lowest BCUT2D eigenvalue weighted by atomic mass is 10.3. The summed E-state index contributed by atoms with van der Waals surface area (Å²) in [7, 11) is 1.70. The summed E-state index contributed by atoms with van der Waals surface area (Å²) in [6, 6.07) is 3.90. The van der Waals surface area contributed by atoms with E-state index in [2.05, 4.69) is 31.6 Å². The summed E-state index contributed by atoms with van der Waals surface area (Å²) in [5.41, 5.74) is 3.74. The van der Waals surface area contributed by atoms with Crippen LogP contribution in [0.25, 0.3) is 0 Å². The van der Waals surface area contributed by atoms with Gasteiger partial charge in [-0.05, 0) is 34.3 Å². The molecule has 0 aliphatic heterocycles. The number of thiophene rings is 1. The van der Waals surface area contributed by atoms with E-state index in [1.54, 1.807) is 24.6 Å². The number of halogens is 1. The molecule has 0 saturated carbocycles. The molecule has 0 bridgehead atoms. The highest BCUT2D eigenvalue weighted by atomic mass is 79.9. The molecule has 0 aliphatic rings. The number of carbonyl (C=O) groups is 1. The minimum atomic E-state index is -0.294. The average molecular weight is 327 g/mol. The number of carbonyl (C=O) groups excluding carboxylic acids is 1. The third kappa shape index (κ3) is 2.68. The molecule has 2 heterocycles. The predicted octanol–water partition coefficient (Wildman–Crippen LogP) is 2.40. The first-order valence-corrected chi connectivity index (χ1v) is 6.83. The maximum atomic E-state index is 11.9. The summed E-state index contributed by atoms with van der Waals surface area (Å²) in [6.07, 6.45) is 1.57. The Morgan fingerprint density at radius 3 is 2.94 bits per heavy atom. The highest BCUT2D eigenvalue weighted by molar-refractivity contribution is 9.10. The summed E-state index contributed by atoms with van der Waals surface area (Å²) in [4.78, 5) is 12.9.